The Balaban J connectivity index is 1.43. The van der Waals surface area contributed by atoms with Gasteiger partial charge in [-0.3, -0.25) is 9.89 Å². The fourth-order valence-corrected chi connectivity index (χ4v) is 5.26. The molecule has 0 aliphatic carbocycles. The molecule has 1 N–H and O–H groups in total. The molecule has 218 valence electrons. The minimum atomic E-state index is -1.04. The molecule has 2 aromatic carbocycles. The summed E-state index contributed by atoms with van der Waals surface area (Å²) in [6.45, 7) is 1.75. The number of ether oxygens (including phenoxy) is 2. The molecule has 2 aliphatic heterocycles. The average molecular weight is 644 g/mol. The van der Waals surface area contributed by atoms with Gasteiger partial charge in [-0.05, 0) is 29.8 Å². The number of pyridine rings is 1. The number of methoxy groups -OCH3 is 1. The quantitative estimate of drug-likeness (QED) is 0.392. The zero-order valence-electron chi connectivity index (χ0n) is 22.3. The molecule has 1 aromatic heterocycles. The van der Waals surface area contributed by atoms with Crippen molar-refractivity contribution in [2.45, 2.75) is 6.04 Å². The second-order valence-corrected chi connectivity index (χ2v) is 10.3. The van der Waals surface area contributed by atoms with Gasteiger partial charge in [-0.2, -0.15) is 0 Å². The van der Waals surface area contributed by atoms with E-state index in [1.165, 1.54) is 25.3 Å². The van der Waals surface area contributed by atoms with Gasteiger partial charge >= 0.3 is 12.1 Å². The normalized spacial score (nSPS) is 17.4. The third-order valence-corrected chi connectivity index (χ3v) is 7.47. The summed E-state index contributed by atoms with van der Waals surface area (Å²) in [7, 11) is 1.22. The van der Waals surface area contributed by atoms with E-state index in [2.05, 4.69) is 31.2 Å². The van der Waals surface area contributed by atoms with Crippen LogP contribution in [-0.4, -0.2) is 72.5 Å². The highest BCUT2D eigenvalue weighted by Crippen LogP contribution is 2.37. The van der Waals surface area contributed by atoms with E-state index in [1.807, 2.05) is 11.0 Å². The molecule has 1 atom stereocenters. The number of amides is 1. The summed E-state index contributed by atoms with van der Waals surface area (Å²) in [6, 6.07) is 12.3. The molecule has 1 fully saturated rings. The zero-order chi connectivity index (χ0) is 29.8. The van der Waals surface area contributed by atoms with Gasteiger partial charge in [-0.25, -0.2) is 27.7 Å². The van der Waals surface area contributed by atoms with Crippen LogP contribution in [0.15, 0.2) is 81.5 Å². The van der Waals surface area contributed by atoms with Crippen LogP contribution in [0.25, 0.3) is 0 Å². The summed E-state index contributed by atoms with van der Waals surface area (Å²) in [5, 5.41) is 3.01. The Hall–Kier alpha value is -4.23. The zero-order valence-corrected chi connectivity index (χ0v) is 23.9. The third kappa shape index (κ3) is 6.47. The van der Waals surface area contributed by atoms with Crippen LogP contribution in [0.4, 0.5) is 18.0 Å². The summed E-state index contributed by atoms with van der Waals surface area (Å²) in [4.78, 5) is 37.8. The monoisotopic (exact) mass is 643 g/mol. The van der Waals surface area contributed by atoms with Crippen molar-refractivity contribution in [1.82, 2.24) is 20.1 Å². The fraction of sp³-hybridized carbons (Fsp3) is 0.241. The summed E-state index contributed by atoms with van der Waals surface area (Å²) < 4.78 is 53.3. The number of amidine groups is 1. The molecule has 42 heavy (non-hydrogen) atoms. The number of benzene rings is 2. The van der Waals surface area contributed by atoms with Crippen LogP contribution in [0.3, 0.4) is 0 Å². The summed E-state index contributed by atoms with van der Waals surface area (Å²) in [6.07, 6.45) is 0.387. The number of hydrogen-bond acceptors (Lipinski definition) is 8. The van der Waals surface area contributed by atoms with E-state index in [9.17, 15) is 22.8 Å². The van der Waals surface area contributed by atoms with Crippen LogP contribution in [-0.2, 0) is 9.53 Å². The smallest absolute Gasteiger partial charge is 0.415 e. The highest BCUT2D eigenvalue weighted by atomic mass is 79.9. The number of carbonyl (C=O) groups excluding carboxylic acids is 2. The van der Waals surface area contributed by atoms with Crippen LogP contribution in [0.5, 0.6) is 5.75 Å². The third-order valence-electron chi connectivity index (χ3n) is 6.78. The van der Waals surface area contributed by atoms with Gasteiger partial charge in [0.05, 0.1) is 18.9 Å². The van der Waals surface area contributed by atoms with E-state index >= 15 is 0 Å². The highest BCUT2D eigenvalue weighted by Gasteiger charge is 2.35. The van der Waals surface area contributed by atoms with Gasteiger partial charge < -0.3 is 19.7 Å². The molecule has 2 aliphatic rings. The molecule has 5 rings (SSSR count). The molecule has 1 amide bonds. The second kappa shape index (κ2) is 12.7. The maximum absolute atomic E-state index is 14.8. The first-order valence-electron chi connectivity index (χ1n) is 12.9. The van der Waals surface area contributed by atoms with Crippen molar-refractivity contribution in [3.63, 3.8) is 0 Å². The average Bonchev–Trinajstić information content (AvgIpc) is 2.97. The number of aliphatic imine (C=N–C) groups is 1. The van der Waals surface area contributed by atoms with Crippen molar-refractivity contribution in [3.8, 4) is 5.75 Å². The van der Waals surface area contributed by atoms with Gasteiger partial charge in [-0.15, -0.1) is 0 Å². The first kappa shape index (κ1) is 29.3. The van der Waals surface area contributed by atoms with Crippen LogP contribution in [0.1, 0.15) is 17.3 Å². The van der Waals surface area contributed by atoms with E-state index in [0.717, 1.165) is 6.20 Å². The van der Waals surface area contributed by atoms with Crippen molar-refractivity contribution < 1.29 is 32.2 Å². The molecule has 9 nitrogen and oxygen atoms in total. The van der Waals surface area contributed by atoms with Crippen molar-refractivity contribution in [1.29, 1.82) is 0 Å². The van der Waals surface area contributed by atoms with Crippen molar-refractivity contribution in [2.75, 3.05) is 39.8 Å². The topological polar surface area (TPSA) is 96.4 Å². The van der Waals surface area contributed by atoms with E-state index < -0.39 is 35.6 Å². The number of aromatic nitrogens is 1. The second-order valence-electron chi connectivity index (χ2n) is 9.48. The van der Waals surface area contributed by atoms with Crippen LogP contribution in [0.2, 0.25) is 0 Å². The number of para-hydroxylation sites is 1. The molecule has 3 heterocycles. The number of hydrogen-bond donors (Lipinski definition) is 1. The van der Waals surface area contributed by atoms with Crippen molar-refractivity contribution in [2.24, 2.45) is 4.99 Å². The summed E-state index contributed by atoms with van der Waals surface area (Å²) in [5.41, 5.74) is 0.639. The molecule has 0 radical (unpaired) electrons. The summed E-state index contributed by atoms with van der Waals surface area (Å²) >= 11 is 3.34. The standard InChI is InChI=1S/C29H25BrF3N5O4/c1-41-28(39)24-23(16-37-9-11-38(12-10-37)29(40)42-19-5-3-2-4-6-19)35-27(26-22(33)14-18(32)15-34-26)36-25(24)20-8-7-17(31)13-21(20)30/h2-8,13-15,25H,9-12,16H2,1H3,(H,35,36)/t25-/m0/s1. The lowest BCUT2D eigenvalue weighted by atomic mass is 9.95. The number of nitrogens with zero attached hydrogens (tertiary/aromatic N) is 4. The molecule has 0 bridgehead atoms. The Kier molecular flexibility index (Phi) is 8.88. The maximum Gasteiger partial charge on any atom is 0.415 e. The van der Waals surface area contributed by atoms with E-state index in [0.29, 0.717) is 53.7 Å². The van der Waals surface area contributed by atoms with Gasteiger partial charge in [0.2, 0.25) is 0 Å². The van der Waals surface area contributed by atoms with Gasteiger partial charge in [-0.1, -0.05) is 40.2 Å². The van der Waals surface area contributed by atoms with E-state index in [-0.39, 0.29) is 23.6 Å². The molecular weight excluding hydrogens is 619 g/mol. The minimum Gasteiger partial charge on any atom is -0.466 e. The lowest BCUT2D eigenvalue weighted by molar-refractivity contribution is -0.136. The number of esters is 1. The largest absolute Gasteiger partial charge is 0.466 e. The Morgan fingerprint density at radius 1 is 1.02 bits per heavy atom. The molecule has 0 spiro atoms. The van der Waals surface area contributed by atoms with Crippen molar-refractivity contribution >= 4 is 33.8 Å². The minimum absolute atomic E-state index is 0.0403. The number of rotatable bonds is 6. The predicted molar refractivity (Wildman–Crippen MR) is 150 cm³/mol. The number of piperazine rings is 1. The number of carbonyl (C=O) groups is 2. The first-order valence-corrected chi connectivity index (χ1v) is 13.7. The van der Waals surface area contributed by atoms with Crippen molar-refractivity contribution in [3.05, 3.63) is 105 Å². The SMILES string of the molecule is COC(=O)C1=C(CN2CCN(C(=O)Oc3ccccc3)CC2)NC(c2ncc(F)cc2F)=N[C@H]1c1ccc(F)cc1Br. The lowest BCUT2D eigenvalue weighted by Gasteiger charge is -2.36. The van der Waals surface area contributed by atoms with Crippen LogP contribution >= 0.6 is 15.9 Å². The highest BCUT2D eigenvalue weighted by molar-refractivity contribution is 9.10. The molecule has 0 unspecified atom stereocenters. The predicted octanol–water partition coefficient (Wildman–Crippen LogP) is 4.60. The van der Waals surface area contributed by atoms with Crippen LogP contribution < -0.4 is 10.1 Å². The Bertz CT molecular complexity index is 1560. The van der Waals surface area contributed by atoms with E-state index in [4.69, 9.17) is 9.47 Å². The van der Waals surface area contributed by atoms with Gasteiger partial charge in [0.1, 0.15) is 29.1 Å². The molecule has 13 heteroatoms. The fourth-order valence-electron chi connectivity index (χ4n) is 4.69. The van der Waals surface area contributed by atoms with Crippen LogP contribution in [0, 0.1) is 17.5 Å². The maximum atomic E-state index is 14.8. The first-order chi connectivity index (χ1) is 20.2. The Labute approximate surface area is 247 Å². The Morgan fingerprint density at radius 2 is 1.76 bits per heavy atom. The molecular formula is C29H25BrF3N5O4. The number of nitrogens with one attached hydrogen (secondary N) is 1. The van der Waals surface area contributed by atoms with Gasteiger partial charge in [0.25, 0.3) is 0 Å². The molecule has 1 saturated heterocycles. The molecule has 0 saturated carbocycles. The van der Waals surface area contributed by atoms with E-state index in [1.54, 1.807) is 29.2 Å². The van der Waals surface area contributed by atoms with Gasteiger partial charge in [0, 0.05) is 49.0 Å². The van der Waals surface area contributed by atoms with Gasteiger partial charge in [0.15, 0.2) is 11.7 Å². The molecule has 3 aromatic rings. The Morgan fingerprint density at radius 3 is 2.43 bits per heavy atom. The summed E-state index contributed by atoms with van der Waals surface area (Å²) in [5.74, 6) is -2.62. The number of halogens is 4. The lowest BCUT2D eigenvalue weighted by Crippen LogP contribution is -2.51.